The van der Waals surface area contributed by atoms with Gasteiger partial charge in [-0.1, -0.05) is 12.1 Å². The number of rotatable bonds is 16. The van der Waals surface area contributed by atoms with Crippen molar-refractivity contribution in [3.05, 3.63) is 29.3 Å². The van der Waals surface area contributed by atoms with Crippen LogP contribution in [0.25, 0.3) is 0 Å². The third kappa shape index (κ3) is 8.73. The maximum atomic E-state index is 12.3. The molecule has 0 aromatic heterocycles. The fraction of sp³-hybridized carbons (Fsp3) is 0.704. The van der Waals surface area contributed by atoms with Crippen molar-refractivity contribution in [2.24, 2.45) is 17.8 Å². The lowest BCUT2D eigenvalue weighted by atomic mass is 9.74. The van der Waals surface area contributed by atoms with E-state index in [1.54, 1.807) is 14.0 Å². The van der Waals surface area contributed by atoms with E-state index in [1.807, 2.05) is 12.1 Å². The average molecular weight is 508 g/mol. The summed E-state index contributed by atoms with van der Waals surface area (Å²) in [5.74, 6) is 1.33. The van der Waals surface area contributed by atoms with Gasteiger partial charge in [0.05, 0.1) is 32.8 Å². The Balaban J connectivity index is 1.40. The standard InChI is InChI=1S/C27H41NO8/c1-18(16-34-13-12-33-11-10-26(30)31)36-27(32)17-35-24-5-3-4-20-14-22-19(8-9-25(29)28-2)6-7-21(22)15-23(20)24/h3-5,18-19,21-22,25,28-29H,6-17H2,1-2H3,(H,30,31). The van der Waals surface area contributed by atoms with E-state index in [-0.39, 0.29) is 32.8 Å². The SMILES string of the molecule is CNC(O)CCC1CCC2Cc3c(cccc3OCC(=O)OC(C)COCCOCCC(=O)O)CC12. The molecule has 0 bridgehead atoms. The van der Waals surface area contributed by atoms with Gasteiger partial charge in [-0.2, -0.15) is 0 Å². The molecule has 0 saturated heterocycles. The Morgan fingerprint density at radius 3 is 2.72 bits per heavy atom. The fourth-order valence-corrected chi connectivity index (χ4v) is 5.45. The molecule has 2 aliphatic carbocycles. The van der Waals surface area contributed by atoms with Crippen LogP contribution in [0.15, 0.2) is 18.2 Å². The van der Waals surface area contributed by atoms with E-state index < -0.39 is 24.3 Å². The van der Waals surface area contributed by atoms with Crippen molar-refractivity contribution in [1.29, 1.82) is 0 Å². The number of aliphatic hydroxyl groups is 1. The molecule has 9 heteroatoms. The summed E-state index contributed by atoms with van der Waals surface area (Å²) in [5, 5.41) is 21.3. The van der Waals surface area contributed by atoms with Gasteiger partial charge in [0.25, 0.3) is 0 Å². The lowest BCUT2D eigenvalue weighted by Gasteiger charge is -2.32. The first kappa shape index (κ1) is 28.4. The first-order valence-corrected chi connectivity index (χ1v) is 13.0. The van der Waals surface area contributed by atoms with Crippen LogP contribution in [0.1, 0.15) is 50.2 Å². The smallest absolute Gasteiger partial charge is 0.344 e. The predicted molar refractivity (Wildman–Crippen MR) is 133 cm³/mol. The summed E-state index contributed by atoms with van der Waals surface area (Å²) in [6, 6.07) is 6.09. The van der Waals surface area contributed by atoms with Crippen molar-refractivity contribution >= 4 is 11.9 Å². The average Bonchev–Trinajstić information content (AvgIpc) is 3.25. The molecular formula is C27H41NO8. The van der Waals surface area contributed by atoms with Gasteiger partial charge in [-0.15, -0.1) is 0 Å². The molecule has 5 unspecified atom stereocenters. The molecule has 5 atom stereocenters. The van der Waals surface area contributed by atoms with Crippen LogP contribution in [0.4, 0.5) is 0 Å². The monoisotopic (exact) mass is 507 g/mol. The van der Waals surface area contributed by atoms with Crippen molar-refractivity contribution < 1.29 is 38.7 Å². The minimum absolute atomic E-state index is 0.0393. The normalized spacial score (nSPS) is 22.4. The van der Waals surface area contributed by atoms with Crippen LogP contribution in [0.2, 0.25) is 0 Å². The van der Waals surface area contributed by atoms with E-state index in [1.165, 1.54) is 24.0 Å². The molecule has 1 saturated carbocycles. The quantitative estimate of drug-likeness (QED) is 0.176. The number of carboxylic acids is 1. The highest BCUT2D eigenvalue weighted by Gasteiger charge is 2.39. The summed E-state index contributed by atoms with van der Waals surface area (Å²) in [7, 11) is 1.79. The molecule has 3 N–H and O–H groups in total. The lowest BCUT2D eigenvalue weighted by Crippen LogP contribution is -2.29. The van der Waals surface area contributed by atoms with Gasteiger partial charge in [0.1, 0.15) is 18.1 Å². The van der Waals surface area contributed by atoms with Crippen molar-refractivity contribution in [1.82, 2.24) is 5.32 Å². The molecule has 0 spiro atoms. The van der Waals surface area contributed by atoms with E-state index in [4.69, 9.17) is 24.1 Å². The zero-order valence-electron chi connectivity index (χ0n) is 21.4. The topological polar surface area (TPSA) is 124 Å². The van der Waals surface area contributed by atoms with Crippen LogP contribution in [-0.2, 0) is 36.6 Å². The largest absolute Gasteiger partial charge is 0.482 e. The van der Waals surface area contributed by atoms with Crippen molar-refractivity contribution in [2.75, 3.05) is 40.1 Å². The highest BCUT2D eigenvalue weighted by Crippen LogP contribution is 2.48. The van der Waals surface area contributed by atoms with Crippen LogP contribution in [0, 0.1) is 17.8 Å². The maximum absolute atomic E-state index is 12.3. The number of carbonyl (C=O) groups is 2. The van der Waals surface area contributed by atoms with Crippen LogP contribution in [-0.4, -0.2) is 74.6 Å². The first-order chi connectivity index (χ1) is 17.4. The number of hydrogen-bond donors (Lipinski definition) is 3. The number of benzene rings is 1. The van der Waals surface area contributed by atoms with E-state index >= 15 is 0 Å². The summed E-state index contributed by atoms with van der Waals surface area (Å²) in [6.45, 7) is 2.55. The molecule has 1 aromatic rings. The second-order valence-corrected chi connectivity index (χ2v) is 9.87. The molecule has 0 heterocycles. The second-order valence-electron chi connectivity index (χ2n) is 9.87. The molecular weight excluding hydrogens is 466 g/mol. The number of ether oxygens (including phenoxy) is 4. The molecule has 0 amide bonds. The first-order valence-electron chi connectivity index (χ1n) is 13.0. The van der Waals surface area contributed by atoms with Crippen LogP contribution < -0.4 is 10.1 Å². The summed E-state index contributed by atoms with van der Waals surface area (Å²) >= 11 is 0. The van der Waals surface area contributed by atoms with Crippen molar-refractivity contribution in [3.8, 4) is 5.75 Å². The van der Waals surface area contributed by atoms with Gasteiger partial charge in [0.15, 0.2) is 6.61 Å². The minimum atomic E-state index is -0.900. The van der Waals surface area contributed by atoms with E-state index in [2.05, 4.69) is 11.4 Å². The number of aliphatic carboxylic acids is 1. The number of carboxylic acid groups (broad SMARTS) is 1. The zero-order chi connectivity index (χ0) is 25.9. The Bertz CT molecular complexity index is 847. The van der Waals surface area contributed by atoms with E-state index in [9.17, 15) is 14.7 Å². The van der Waals surface area contributed by atoms with Gasteiger partial charge in [-0.05, 0) is 87.4 Å². The molecule has 36 heavy (non-hydrogen) atoms. The van der Waals surface area contributed by atoms with Gasteiger partial charge in [-0.3, -0.25) is 10.1 Å². The number of carbonyl (C=O) groups excluding carboxylic acids is 1. The summed E-state index contributed by atoms with van der Waals surface area (Å²) < 4.78 is 21.9. The highest BCUT2D eigenvalue weighted by atomic mass is 16.6. The minimum Gasteiger partial charge on any atom is -0.482 e. The molecule has 0 aliphatic heterocycles. The molecule has 1 aromatic carbocycles. The number of aliphatic hydroxyl groups excluding tert-OH is 1. The summed E-state index contributed by atoms with van der Waals surface area (Å²) in [6.07, 6.45) is 5.32. The Kier molecular flexibility index (Phi) is 11.4. The molecule has 9 nitrogen and oxygen atoms in total. The van der Waals surface area contributed by atoms with Crippen LogP contribution >= 0.6 is 0 Å². The number of hydrogen-bond acceptors (Lipinski definition) is 8. The van der Waals surface area contributed by atoms with Gasteiger partial charge in [0.2, 0.25) is 0 Å². The number of esters is 1. The maximum Gasteiger partial charge on any atom is 0.344 e. The van der Waals surface area contributed by atoms with Crippen LogP contribution in [0.5, 0.6) is 5.75 Å². The van der Waals surface area contributed by atoms with E-state index in [0.717, 1.165) is 31.4 Å². The number of nitrogens with one attached hydrogen (secondary N) is 1. The fourth-order valence-electron chi connectivity index (χ4n) is 5.45. The van der Waals surface area contributed by atoms with Gasteiger partial charge >= 0.3 is 11.9 Å². The Morgan fingerprint density at radius 1 is 1.14 bits per heavy atom. The van der Waals surface area contributed by atoms with Crippen LogP contribution in [0.3, 0.4) is 0 Å². The van der Waals surface area contributed by atoms with Gasteiger partial charge in [-0.25, -0.2) is 4.79 Å². The lowest BCUT2D eigenvalue weighted by molar-refractivity contribution is -0.153. The molecule has 202 valence electrons. The molecule has 0 radical (unpaired) electrons. The Hall–Kier alpha value is -2.20. The Morgan fingerprint density at radius 2 is 1.94 bits per heavy atom. The number of fused-ring (bicyclic) bond motifs is 2. The summed E-state index contributed by atoms with van der Waals surface area (Å²) in [5.41, 5.74) is 2.51. The highest BCUT2D eigenvalue weighted by molar-refractivity contribution is 5.71. The molecule has 1 fully saturated rings. The molecule has 2 aliphatic rings. The zero-order valence-corrected chi connectivity index (χ0v) is 21.4. The van der Waals surface area contributed by atoms with Crippen molar-refractivity contribution in [3.63, 3.8) is 0 Å². The predicted octanol–water partition coefficient (Wildman–Crippen LogP) is 2.56. The van der Waals surface area contributed by atoms with Crippen molar-refractivity contribution in [2.45, 2.75) is 64.2 Å². The Labute approximate surface area is 213 Å². The third-order valence-corrected chi connectivity index (χ3v) is 7.28. The van der Waals surface area contributed by atoms with E-state index in [0.29, 0.717) is 24.4 Å². The van der Waals surface area contributed by atoms with Gasteiger partial charge < -0.3 is 29.2 Å². The second kappa shape index (κ2) is 14.5. The molecule has 3 rings (SSSR count). The summed E-state index contributed by atoms with van der Waals surface area (Å²) in [4.78, 5) is 22.7. The third-order valence-electron chi connectivity index (χ3n) is 7.28. The van der Waals surface area contributed by atoms with Gasteiger partial charge in [0, 0.05) is 0 Å².